The number of pyridine rings is 1. The minimum absolute atomic E-state index is 0.228. The third kappa shape index (κ3) is 7.56. The molecule has 2 saturated heterocycles. The average molecular weight is 650 g/mol. The van der Waals surface area contributed by atoms with Crippen LogP contribution in [0.1, 0.15) is 27.9 Å². The summed E-state index contributed by atoms with van der Waals surface area (Å²) in [5.41, 5.74) is 0.387. The Kier molecular flexibility index (Phi) is 9.38. The molecule has 0 radical (unpaired) electrons. The predicted octanol–water partition coefficient (Wildman–Crippen LogP) is 4.54. The van der Waals surface area contributed by atoms with E-state index in [2.05, 4.69) is 15.2 Å². The minimum Gasteiger partial charge on any atom is -0.481 e. The zero-order valence-corrected chi connectivity index (χ0v) is 26.0. The highest BCUT2D eigenvalue weighted by molar-refractivity contribution is 7.91. The van der Waals surface area contributed by atoms with Crippen LogP contribution < -0.4 is 15.0 Å². The number of amides is 1. The molecule has 9 nitrogen and oxygen atoms in total. The van der Waals surface area contributed by atoms with Gasteiger partial charge in [0.2, 0.25) is 5.88 Å². The number of sulfone groups is 1. The highest BCUT2D eigenvalue weighted by atomic mass is 32.2. The Labute approximate surface area is 259 Å². The molecule has 1 N–H and O–H groups in total. The summed E-state index contributed by atoms with van der Waals surface area (Å²) in [4.78, 5) is 23.4. The number of carbonyl (C=O) groups is 1. The first-order valence-corrected chi connectivity index (χ1v) is 16.4. The summed E-state index contributed by atoms with van der Waals surface area (Å²) in [6.07, 6.45) is -2.25. The van der Waals surface area contributed by atoms with Gasteiger partial charge in [-0.05, 0) is 55.4 Å². The first kappa shape index (κ1) is 32.6. The van der Waals surface area contributed by atoms with Gasteiger partial charge >= 0.3 is 6.18 Å². The summed E-state index contributed by atoms with van der Waals surface area (Å²) in [7, 11) is -0.000908. The standard InChI is InChI=1S/C31H35F4N5O4S/c1-38-10-12-40(13-11-38)28-7-5-21(15-27(28)37-30(41)24-17-36-29(44-2)16-25(24)31(33,34)35)23-14-20(4-6-26(23)32)18-39-9-8-22(19-39)45(3,42)43/h4-7,14-17,22H,8-13,18-19H2,1-3H3,(H,37,41). The van der Waals surface area contributed by atoms with Crippen molar-refractivity contribution in [3.05, 3.63) is 71.2 Å². The maximum Gasteiger partial charge on any atom is 0.417 e. The number of aromatic nitrogens is 1. The Morgan fingerprint density at radius 3 is 2.44 bits per heavy atom. The van der Waals surface area contributed by atoms with E-state index >= 15 is 4.39 Å². The highest BCUT2D eigenvalue weighted by Gasteiger charge is 2.37. The van der Waals surface area contributed by atoms with Gasteiger partial charge in [0.1, 0.15) is 5.82 Å². The number of anilines is 2. The van der Waals surface area contributed by atoms with Crippen molar-refractivity contribution in [3.63, 3.8) is 0 Å². The molecule has 3 aromatic rings. The zero-order valence-electron chi connectivity index (χ0n) is 25.2. The van der Waals surface area contributed by atoms with E-state index in [0.29, 0.717) is 56.5 Å². The fourth-order valence-electron chi connectivity index (χ4n) is 5.72. The molecule has 0 spiro atoms. The third-order valence-corrected chi connectivity index (χ3v) is 9.91. The van der Waals surface area contributed by atoms with Gasteiger partial charge in [-0.3, -0.25) is 9.69 Å². The summed E-state index contributed by atoms with van der Waals surface area (Å²) in [5, 5.41) is 2.20. The number of rotatable bonds is 8. The van der Waals surface area contributed by atoms with E-state index in [1.54, 1.807) is 30.3 Å². The van der Waals surface area contributed by atoms with Gasteiger partial charge in [0.25, 0.3) is 5.91 Å². The van der Waals surface area contributed by atoms with Crippen LogP contribution in [0.2, 0.25) is 0 Å². The van der Waals surface area contributed by atoms with Gasteiger partial charge < -0.3 is 19.9 Å². The van der Waals surface area contributed by atoms with Crippen LogP contribution in [-0.2, 0) is 22.6 Å². The van der Waals surface area contributed by atoms with Gasteiger partial charge in [0.05, 0.1) is 34.9 Å². The number of likely N-dealkylation sites (tertiary alicyclic amines) is 1. The van der Waals surface area contributed by atoms with E-state index in [-0.39, 0.29) is 17.1 Å². The number of nitrogens with one attached hydrogen (secondary N) is 1. The Hall–Kier alpha value is -3.75. The molecule has 1 unspecified atom stereocenters. The van der Waals surface area contributed by atoms with E-state index in [4.69, 9.17) is 4.74 Å². The molecule has 242 valence electrons. The van der Waals surface area contributed by atoms with Crippen molar-refractivity contribution >= 4 is 27.1 Å². The fraction of sp³-hybridized carbons (Fsp3) is 0.419. The lowest BCUT2D eigenvalue weighted by molar-refractivity contribution is -0.138. The van der Waals surface area contributed by atoms with Crippen LogP contribution in [0.3, 0.4) is 0 Å². The van der Waals surface area contributed by atoms with E-state index in [1.807, 2.05) is 16.8 Å². The van der Waals surface area contributed by atoms with Crippen molar-refractivity contribution < 1.29 is 35.5 Å². The number of methoxy groups -OCH3 is 1. The molecule has 0 saturated carbocycles. The van der Waals surface area contributed by atoms with Crippen LogP contribution >= 0.6 is 0 Å². The molecule has 3 heterocycles. The largest absolute Gasteiger partial charge is 0.481 e. The summed E-state index contributed by atoms with van der Waals surface area (Å²) >= 11 is 0. The number of alkyl halides is 3. The second-order valence-electron chi connectivity index (χ2n) is 11.5. The van der Waals surface area contributed by atoms with Gasteiger partial charge in [-0.1, -0.05) is 12.1 Å². The Bertz CT molecular complexity index is 1680. The minimum atomic E-state index is -4.84. The molecule has 0 bridgehead atoms. The highest BCUT2D eigenvalue weighted by Crippen LogP contribution is 2.37. The van der Waals surface area contributed by atoms with E-state index in [0.717, 1.165) is 24.8 Å². The molecular formula is C31H35F4N5O4S. The average Bonchev–Trinajstić information content (AvgIpc) is 3.47. The molecule has 45 heavy (non-hydrogen) atoms. The van der Waals surface area contributed by atoms with Crippen molar-refractivity contribution in [3.8, 4) is 17.0 Å². The summed E-state index contributed by atoms with van der Waals surface area (Å²) in [6, 6.07) is 10.3. The maximum absolute atomic E-state index is 15.3. The van der Waals surface area contributed by atoms with Gasteiger partial charge in [-0.15, -0.1) is 0 Å². The number of halogens is 4. The van der Waals surface area contributed by atoms with E-state index in [9.17, 15) is 26.4 Å². The molecule has 2 aromatic carbocycles. The van der Waals surface area contributed by atoms with Gasteiger partial charge in [0.15, 0.2) is 9.84 Å². The van der Waals surface area contributed by atoms with Gasteiger partial charge in [-0.2, -0.15) is 13.2 Å². The van der Waals surface area contributed by atoms with Crippen molar-refractivity contribution in [2.24, 2.45) is 0 Å². The number of nitrogens with zero attached hydrogens (tertiary/aromatic N) is 4. The third-order valence-electron chi connectivity index (χ3n) is 8.31. The first-order valence-electron chi connectivity index (χ1n) is 14.4. The van der Waals surface area contributed by atoms with Crippen molar-refractivity contribution in [1.29, 1.82) is 0 Å². The normalized spacial score (nSPS) is 18.3. The van der Waals surface area contributed by atoms with E-state index < -0.39 is 44.1 Å². The maximum atomic E-state index is 15.3. The molecule has 2 aliphatic rings. The molecule has 5 rings (SSSR count). The summed E-state index contributed by atoms with van der Waals surface area (Å²) < 4.78 is 85.8. The predicted molar refractivity (Wildman–Crippen MR) is 164 cm³/mol. The molecule has 1 amide bonds. The monoisotopic (exact) mass is 649 g/mol. The molecule has 1 atom stereocenters. The second kappa shape index (κ2) is 12.9. The molecule has 2 aliphatic heterocycles. The van der Waals surface area contributed by atoms with Gasteiger partial charge in [0, 0.05) is 63.4 Å². The molecule has 2 fully saturated rings. The Morgan fingerprint density at radius 1 is 1.07 bits per heavy atom. The number of ether oxygens (including phenoxy) is 1. The number of benzene rings is 2. The quantitative estimate of drug-likeness (QED) is 0.356. The SMILES string of the molecule is COc1cc(C(F)(F)F)c(C(=O)Nc2cc(-c3cc(CN4CCC(S(C)(=O)=O)C4)ccc3F)ccc2N2CCN(C)CC2)cn1. The number of carbonyl (C=O) groups excluding carboxylic acids is 1. The van der Waals surface area contributed by atoms with Crippen LogP contribution in [0.5, 0.6) is 5.88 Å². The fourth-order valence-corrected chi connectivity index (χ4v) is 6.74. The Balaban J connectivity index is 1.48. The first-order chi connectivity index (χ1) is 21.2. The van der Waals surface area contributed by atoms with Gasteiger partial charge in [-0.25, -0.2) is 17.8 Å². The Morgan fingerprint density at radius 2 is 1.80 bits per heavy atom. The van der Waals surface area contributed by atoms with Crippen LogP contribution in [0.4, 0.5) is 28.9 Å². The van der Waals surface area contributed by atoms with Crippen LogP contribution in [0.25, 0.3) is 11.1 Å². The van der Waals surface area contributed by atoms with Crippen molar-refractivity contribution in [2.75, 3.05) is 69.9 Å². The zero-order chi connectivity index (χ0) is 32.5. The van der Waals surface area contributed by atoms with Crippen molar-refractivity contribution in [1.82, 2.24) is 14.8 Å². The smallest absolute Gasteiger partial charge is 0.417 e. The molecule has 14 heteroatoms. The number of likely N-dealkylation sites (N-methyl/N-ethyl adjacent to an activating group) is 1. The molecular weight excluding hydrogens is 614 g/mol. The van der Waals surface area contributed by atoms with Crippen LogP contribution in [0.15, 0.2) is 48.7 Å². The topological polar surface area (TPSA) is 95.1 Å². The lowest BCUT2D eigenvalue weighted by atomic mass is 10.00. The van der Waals surface area contributed by atoms with Crippen LogP contribution in [-0.4, -0.2) is 94.0 Å². The van der Waals surface area contributed by atoms with E-state index in [1.165, 1.54) is 19.4 Å². The van der Waals surface area contributed by atoms with Crippen molar-refractivity contribution in [2.45, 2.75) is 24.4 Å². The molecule has 1 aromatic heterocycles. The number of hydrogen-bond acceptors (Lipinski definition) is 8. The number of hydrogen-bond donors (Lipinski definition) is 1. The summed E-state index contributed by atoms with van der Waals surface area (Å²) in [5.74, 6) is -1.82. The molecule has 0 aliphatic carbocycles. The summed E-state index contributed by atoms with van der Waals surface area (Å²) in [6.45, 7) is 4.12. The van der Waals surface area contributed by atoms with Crippen LogP contribution in [0, 0.1) is 5.82 Å². The lowest BCUT2D eigenvalue weighted by Gasteiger charge is -2.35. The lowest BCUT2D eigenvalue weighted by Crippen LogP contribution is -2.44. The second-order valence-corrected chi connectivity index (χ2v) is 13.9. The number of piperazine rings is 1.